The summed E-state index contributed by atoms with van der Waals surface area (Å²) in [5.41, 5.74) is 5.08. The van der Waals surface area contributed by atoms with Gasteiger partial charge in [0.15, 0.2) is 0 Å². The first-order valence-corrected chi connectivity index (χ1v) is 11.2. The van der Waals surface area contributed by atoms with Crippen LogP contribution >= 0.6 is 0 Å². The lowest BCUT2D eigenvalue weighted by molar-refractivity contribution is -0.129. The predicted molar refractivity (Wildman–Crippen MR) is 112 cm³/mol. The summed E-state index contributed by atoms with van der Waals surface area (Å²) in [6.07, 6.45) is 14.9. The number of carbonyl (C=O) groups is 1. The summed E-state index contributed by atoms with van der Waals surface area (Å²) in [6, 6.07) is 0.729. The minimum atomic E-state index is -0.525. The maximum Gasteiger partial charge on any atom is 0.237 e. The van der Waals surface area contributed by atoms with Gasteiger partial charge in [-0.15, -0.1) is 0 Å². The minimum absolute atomic E-state index is 0.210. The van der Waals surface area contributed by atoms with E-state index in [9.17, 15) is 4.79 Å². The number of amides is 1. The van der Waals surface area contributed by atoms with Gasteiger partial charge in [-0.25, -0.2) is 0 Å². The van der Waals surface area contributed by atoms with E-state index in [0.29, 0.717) is 0 Å². The van der Waals surface area contributed by atoms with Gasteiger partial charge >= 0.3 is 0 Å². The Labute approximate surface area is 162 Å². The lowest BCUT2D eigenvalue weighted by Gasteiger charge is -2.44. The Hall–Kier alpha value is -0.610. The zero-order valence-electron chi connectivity index (χ0n) is 18.1. The number of unbranched alkanes of at least 4 members (excludes halogenated alkanes) is 7. The van der Waals surface area contributed by atoms with Gasteiger partial charge in [0.25, 0.3) is 0 Å². The largest absolute Gasteiger partial charge is 0.368 e. The SMILES string of the molecule is CCCCCCCC(CCCCCC)N1CCN(C(C)(C)C(N)=O)CC1. The first-order valence-electron chi connectivity index (χ1n) is 11.2. The third-order valence-corrected chi connectivity index (χ3v) is 6.26. The molecule has 0 aromatic rings. The van der Waals surface area contributed by atoms with Crippen LogP contribution in [0, 0.1) is 0 Å². The lowest BCUT2D eigenvalue weighted by atomic mass is 9.97. The zero-order valence-corrected chi connectivity index (χ0v) is 18.1. The number of carbonyl (C=O) groups excluding carboxylic acids is 1. The fourth-order valence-electron chi connectivity index (χ4n) is 4.10. The fourth-order valence-corrected chi connectivity index (χ4v) is 4.10. The molecule has 1 amide bonds. The van der Waals surface area contributed by atoms with Crippen molar-refractivity contribution >= 4 is 5.91 Å². The summed E-state index contributed by atoms with van der Waals surface area (Å²) in [5, 5.41) is 0. The highest BCUT2D eigenvalue weighted by atomic mass is 16.1. The Kier molecular flexibility index (Phi) is 11.5. The smallest absolute Gasteiger partial charge is 0.237 e. The van der Waals surface area contributed by atoms with Crippen LogP contribution in [0.3, 0.4) is 0 Å². The van der Waals surface area contributed by atoms with Crippen LogP contribution in [0.25, 0.3) is 0 Å². The molecule has 26 heavy (non-hydrogen) atoms. The third kappa shape index (κ3) is 7.96. The second kappa shape index (κ2) is 12.7. The van der Waals surface area contributed by atoms with Crippen LogP contribution < -0.4 is 5.73 Å². The van der Waals surface area contributed by atoms with E-state index in [1.807, 2.05) is 13.8 Å². The Morgan fingerprint density at radius 2 is 1.31 bits per heavy atom. The predicted octanol–water partition coefficient (Wildman–Crippen LogP) is 4.57. The molecule has 1 unspecified atom stereocenters. The second-order valence-corrected chi connectivity index (χ2v) is 8.65. The molecule has 0 radical (unpaired) electrons. The highest BCUT2D eigenvalue weighted by Gasteiger charge is 2.35. The summed E-state index contributed by atoms with van der Waals surface area (Å²) >= 11 is 0. The molecule has 2 N–H and O–H groups in total. The van der Waals surface area contributed by atoms with Crippen molar-refractivity contribution in [1.29, 1.82) is 0 Å². The van der Waals surface area contributed by atoms with Gasteiger partial charge < -0.3 is 5.73 Å². The van der Waals surface area contributed by atoms with E-state index in [4.69, 9.17) is 5.73 Å². The number of piperazine rings is 1. The second-order valence-electron chi connectivity index (χ2n) is 8.65. The molecular weight excluding hydrogens is 322 g/mol. The van der Waals surface area contributed by atoms with Crippen LogP contribution in [0.2, 0.25) is 0 Å². The van der Waals surface area contributed by atoms with Gasteiger partial charge in [-0.3, -0.25) is 14.6 Å². The zero-order chi connectivity index (χ0) is 19.4. The molecule has 1 fully saturated rings. The van der Waals surface area contributed by atoms with Crippen LogP contribution in [-0.4, -0.2) is 53.5 Å². The van der Waals surface area contributed by atoms with Gasteiger partial charge in [-0.05, 0) is 26.7 Å². The summed E-state index contributed by atoms with van der Waals surface area (Å²) in [4.78, 5) is 16.7. The standard InChI is InChI=1S/C22H45N3O/c1-5-7-9-11-13-15-20(14-12-10-8-6-2)24-16-18-25(19-17-24)22(3,4)21(23)26/h20H,5-19H2,1-4H3,(H2,23,26). The Balaban J connectivity index is 2.48. The van der Waals surface area contributed by atoms with Crippen molar-refractivity contribution in [3.05, 3.63) is 0 Å². The monoisotopic (exact) mass is 367 g/mol. The molecule has 1 atom stereocenters. The number of nitrogens with zero attached hydrogens (tertiary/aromatic N) is 2. The van der Waals surface area contributed by atoms with Crippen molar-refractivity contribution < 1.29 is 4.79 Å². The molecular formula is C22H45N3O. The molecule has 0 aromatic carbocycles. The van der Waals surface area contributed by atoms with Gasteiger partial charge in [0.2, 0.25) is 5.91 Å². The fraction of sp³-hybridized carbons (Fsp3) is 0.955. The quantitative estimate of drug-likeness (QED) is 0.458. The van der Waals surface area contributed by atoms with Crippen LogP contribution in [0.1, 0.15) is 98.3 Å². The number of hydrogen-bond acceptors (Lipinski definition) is 3. The van der Waals surface area contributed by atoms with Crippen molar-refractivity contribution in [2.24, 2.45) is 5.73 Å². The molecule has 1 aliphatic rings. The average molecular weight is 368 g/mol. The van der Waals surface area contributed by atoms with E-state index >= 15 is 0 Å². The van der Waals surface area contributed by atoms with E-state index in [1.54, 1.807) is 0 Å². The first-order chi connectivity index (χ1) is 12.4. The maximum atomic E-state index is 11.7. The van der Waals surface area contributed by atoms with Crippen LogP contribution in [0.5, 0.6) is 0 Å². The first kappa shape index (κ1) is 23.4. The molecule has 1 rings (SSSR count). The number of nitrogens with two attached hydrogens (primary N) is 1. The van der Waals surface area contributed by atoms with E-state index in [2.05, 4.69) is 23.6 Å². The molecule has 0 aromatic heterocycles. The number of rotatable bonds is 14. The van der Waals surface area contributed by atoms with Gasteiger partial charge in [0, 0.05) is 32.2 Å². The van der Waals surface area contributed by atoms with E-state index in [-0.39, 0.29) is 5.91 Å². The van der Waals surface area contributed by atoms with Crippen molar-refractivity contribution in [2.45, 2.75) is 110 Å². The molecule has 0 aliphatic carbocycles. The average Bonchev–Trinajstić information content (AvgIpc) is 2.63. The molecule has 1 aliphatic heterocycles. The van der Waals surface area contributed by atoms with E-state index in [1.165, 1.54) is 70.6 Å². The molecule has 4 heteroatoms. The molecule has 0 spiro atoms. The van der Waals surface area contributed by atoms with Crippen LogP contribution in [0.15, 0.2) is 0 Å². The Morgan fingerprint density at radius 3 is 1.77 bits per heavy atom. The third-order valence-electron chi connectivity index (χ3n) is 6.26. The van der Waals surface area contributed by atoms with Crippen molar-refractivity contribution in [1.82, 2.24) is 9.80 Å². The highest BCUT2D eigenvalue weighted by molar-refractivity contribution is 5.83. The summed E-state index contributed by atoms with van der Waals surface area (Å²) < 4.78 is 0. The molecule has 1 saturated heterocycles. The van der Waals surface area contributed by atoms with Crippen LogP contribution in [-0.2, 0) is 4.79 Å². The van der Waals surface area contributed by atoms with Gasteiger partial charge in [0.05, 0.1) is 5.54 Å². The number of primary amides is 1. The Morgan fingerprint density at radius 1 is 0.846 bits per heavy atom. The van der Waals surface area contributed by atoms with Gasteiger partial charge in [-0.1, -0.05) is 71.6 Å². The van der Waals surface area contributed by atoms with Crippen molar-refractivity contribution in [3.63, 3.8) is 0 Å². The lowest BCUT2D eigenvalue weighted by Crippen LogP contribution is -2.60. The molecule has 0 bridgehead atoms. The number of hydrogen-bond donors (Lipinski definition) is 1. The van der Waals surface area contributed by atoms with E-state index in [0.717, 1.165) is 32.2 Å². The Bertz CT molecular complexity index is 376. The summed E-state index contributed by atoms with van der Waals surface area (Å²) in [6.45, 7) is 12.5. The van der Waals surface area contributed by atoms with Crippen molar-refractivity contribution in [3.8, 4) is 0 Å². The molecule has 4 nitrogen and oxygen atoms in total. The normalized spacial score (nSPS) is 18.2. The summed E-state index contributed by atoms with van der Waals surface area (Å²) in [5.74, 6) is -0.210. The molecule has 154 valence electrons. The minimum Gasteiger partial charge on any atom is -0.368 e. The van der Waals surface area contributed by atoms with Crippen LogP contribution in [0.4, 0.5) is 0 Å². The van der Waals surface area contributed by atoms with Gasteiger partial charge in [-0.2, -0.15) is 0 Å². The topological polar surface area (TPSA) is 49.6 Å². The highest BCUT2D eigenvalue weighted by Crippen LogP contribution is 2.22. The van der Waals surface area contributed by atoms with Crippen molar-refractivity contribution in [2.75, 3.05) is 26.2 Å². The molecule has 0 saturated carbocycles. The summed E-state index contributed by atoms with van der Waals surface area (Å²) in [7, 11) is 0. The van der Waals surface area contributed by atoms with Gasteiger partial charge in [0.1, 0.15) is 0 Å². The maximum absolute atomic E-state index is 11.7. The van der Waals surface area contributed by atoms with E-state index < -0.39 is 5.54 Å². The molecule has 1 heterocycles.